The Morgan fingerprint density at radius 2 is 1.24 bits per heavy atom. The van der Waals surface area contributed by atoms with Crippen molar-refractivity contribution < 1.29 is 67.8 Å². The highest BCUT2D eigenvalue weighted by atomic mass is 32.2. The number of aryl methyl sites for hydroxylation is 4. The van der Waals surface area contributed by atoms with E-state index in [9.17, 15) is 43.5 Å². The average molecular weight is 775 g/mol. The van der Waals surface area contributed by atoms with Gasteiger partial charge in [0.25, 0.3) is 0 Å². The summed E-state index contributed by atoms with van der Waals surface area (Å²) in [5, 5.41) is 23.3. The van der Waals surface area contributed by atoms with Gasteiger partial charge in [0.2, 0.25) is 16.8 Å². The molecule has 0 fully saturated rings. The lowest BCUT2D eigenvalue weighted by molar-refractivity contribution is -0.155. The maximum absolute atomic E-state index is 14.1. The van der Waals surface area contributed by atoms with E-state index in [0.29, 0.717) is 17.0 Å². The number of oxime groups is 2. The highest BCUT2D eigenvalue weighted by Crippen LogP contribution is 2.35. The van der Waals surface area contributed by atoms with E-state index in [4.69, 9.17) is 14.7 Å². The second kappa shape index (κ2) is 15.9. The van der Waals surface area contributed by atoms with Gasteiger partial charge in [0, 0.05) is 31.7 Å². The second-order valence-electron chi connectivity index (χ2n) is 12.0. The van der Waals surface area contributed by atoms with Crippen LogP contribution in [0, 0.1) is 13.8 Å². The highest BCUT2D eigenvalue weighted by molar-refractivity contribution is 8.13. The first-order valence-electron chi connectivity index (χ1n) is 14.3. The van der Waals surface area contributed by atoms with E-state index in [2.05, 4.69) is 30.1 Å². The molecular weight excluding hydrogens is 736 g/mol. The van der Waals surface area contributed by atoms with Crippen molar-refractivity contribution in [2.75, 3.05) is 19.5 Å². The third kappa shape index (κ3) is 11.6. The first kappa shape index (κ1) is 42.8. The summed E-state index contributed by atoms with van der Waals surface area (Å²) in [6.45, 7) is 6.08. The molecule has 286 valence electrons. The number of hydrogen-bond acceptors (Lipinski definition) is 12. The number of thioether (sulfide) groups is 1. The molecule has 2 aliphatic rings. The molecule has 2 aromatic rings. The maximum atomic E-state index is 14.1. The van der Waals surface area contributed by atoms with Crippen molar-refractivity contribution in [3.63, 3.8) is 0 Å². The minimum atomic E-state index is -4.44. The van der Waals surface area contributed by atoms with Gasteiger partial charge in [-0.3, -0.25) is 0 Å². The molecule has 4 heterocycles. The molecule has 0 saturated carbocycles. The van der Waals surface area contributed by atoms with Crippen molar-refractivity contribution in [1.82, 2.24) is 19.6 Å². The Morgan fingerprint density at radius 3 is 1.58 bits per heavy atom. The molecule has 50 heavy (non-hydrogen) atoms. The number of nitrogens with zero attached hydrogens (tertiary/aromatic N) is 6. The van der Waals surface area contributed by atoms with Crippen molar-refractivity contribution in [3.8, 4) is 11.8 Å². The van der Waals surface area contributed by atoms with E-state index < -0.39 is 70.6 Å². The summed E-state index contributed by atoms with van der Waals surface area (Å²) >= 11 is 1.06. The average Bonchev–Trinajstić information content (AvgIpc) is 3.59. The number of ether oxygens (including phenoxy) is 2. The van der Waals surface area contributed by atoms with Gasteiger partial charge in [0.05, 0.1) is 23.6 Å². The minimum Gasteiger partial charge on any atom is -0.468 e. The summed E-state index contributed by atoms with van der Waals surface area (Å²) in [6.07, 6.45) is -11.0. The summed E-state index contributed by atoms with van der Waals surface area (Å²) < 4.78 is 134. The zero-order valence-corrected chi connectivity index (χ0v) is 30.0. The zero-order valence-electron chi connectivity index (χ0n) is 28.4. The van der Waals surface area contributed by atoms with Crippen LogP contribution in [0.1, 0.15) is 50.2 Å². The fourth-order valence-corrected chi connectivity index (χ4v) is 5.95. The van der Waals surface area contributed by atoms with Gasteiger partial charge in [0.1, 0.15) is 0 Å². The van der Waals surface area contributed by atoms with Crippen LogP contribution in [0.25, 0.3) is 0 Å². The summed E-state index contributed by atoms with van der Waals surface area (Å²) in [5.74, 6) is 0.153. The normalized spacial score (nSPS) is 19.6. The number of sulfone groups is 1. The smallest absolute Gasteiger partial charge is 0.422 e. The Morgan fingerprint density at radius 1 is 0.820 bits per heavy atom. The van der Waals surface area contributed by atoms with Crippen LogP contribution in [0.3, 0.4) is 0 Å². The van der Waals surface area contributed by atoms with Crippen LogP contribution in [0.2, 0.25) is 0 Å². The van der Waals surface area contributed by atoms with E-state index in [1.54, 1.807) is 27.7 Å². The number of hydrogen-bond donors (Lipinski definition) is 1. The Labute approximate surface area is 286 Å². The summed E-state index contributed by atoms with van der Waals surface area (Å²) in [5.41, 5.74) is -0.480. The van der Waals surface area contributed by atoms with Crippen LogP contribution in [0.15, 0.2) is 10.3 Å². The Hall–Kier alpha value is -3.34. The van der Waals surface area contributed by atoms with Crippen molar-refractivity contribution >= 4 is 31.7 Å². The predicted octanol–water partition coefficient (Wildman–Crippen LogP) is 5.02. The van der Waals surface area contributed by atoms with Gasteiger partial charge in [-0.15, -0.1) is 0 Å². The van der Waals surface area contributed by atoms with Gasteiger partial charge in [-0.05, 0) is 41.5 Å². The fourth-order valence-electron chi connectivity index (χ4n) is 3.98. The third-order valence-electron chi connectivity index (χ3n) is 6.62. The van der Waals surface area contributed by atoms with Crippen LogP contribution in [0.5, 0.6) is 11.8 Å². The Bertz CT molecular complexity index is 1650. The molecule has 0 aliphatic carbocycles. The van der Waals surface area contributed by atoms with Crippen molar-refractivity contribution in [3.05, 3.63) is 22.5 Å². The lowest BCUT2D eigenvalue weighted by Gasteiger charge is -2.17. The van der Waals surface area contributed by atoms with Crippen LogP contribution >= 0.6 is 11.8 Å². The van der Waals surface area contributed by atoms with Crippen molar-refractivity contribution in [2.24, 2.45) is 24.4 Å². The van der Waals surface area contributed by atoms with Crippen molar-refractivity contribution in [1.29, 1.82) is 0 Å². The van der Waals surface area contributed by atoms with Crippen LogP contribution in [-0.4, -0.2) is 98.5 Å². The molecule has 2 unspecified atom stereocenters. The topological polar surface area (TPSA) is 152 Å². The monoisotopic (exact) mass is 774 g/mol. The molecule has 0 radical (unpaired) electrons. The minimum absolute atomic E-state index is 0.0153. The zero-order chi connectivity index (χ0) is 38.6. The molecule has 2 atom stereocenters. The Balaban J connectivity index is 0.000000278. The van der Waals surface area contributed by atoms with Crippen LogP contribution < -0.4 is 9.47 Å². The molecule has 0 aromatic carbocycles. The van der Waals surface area contributed by atoms with E-state index in [1.807, 2.05) is 0 Å². The number of aliphatic hydroxyl groups is 1. The van der Waals surface area contributed by atoms with Gasteiger partial charge >= 0.3 is 12.4 Å². The molecule has 2 aliphatic heterocycles. The standard InChI is InChI=1S/C13H17F4N3O2S.C8H11F3N2O2.C6H10FNO3S/c1-7-8(5-23-10-9(14)12(2,3)22-19-10)11(20(4)18-7)21-6-13(15,16)17;1-5-6(3-14)7(13(2)12-5)15-4-8(9,10)11;1-6(2)4(7)5(8-11-6)12(3,9)10/h9H,5-6H2,1-4H3;14H,3-4H2,1-2H3;4H,1-3H3. The van der Waals surface area contributed by atoms with E-state index in [0.717, 1.165) is 18.0 Å². The van der Waals surface area contributed by atoms with Crippen LogP contribution in [-0.2, 0) is 46.0 Å². The van der Waals surface area contributed by atoms with Gasteiger partial charge in [-0.1, -0.05) is 22.1 Å². The van der Waals surface area contributed by atoms with Gasteiger partial charge < -0.3 is 24.3 Å². The molecule has 2 aromatic heterocycles. The molecule has 0 spiro atoms. The predicted molar refractivity (Wildman–Crippen MR) is 166 cm³/mol. The molecule has 13 nitrogen and oxygen atoms in total. The first-order chi connectivity index (χ1) is 22.6. The number of alkyl halides is 8. The van der Waals surface area contributed by atoms with Gasteiger partial charge in [-0.2, -0.15) is 36.5 Å². The molecule has 1 N–H and O–H groups in total. The second-order valence-corrected chi connectivity index (χ2v) is 14.9. The summed E-state index contributed by atoms with van der Waals surface area (Å²) in [7, 11) is -0.626. The van der Waals surface area contributed by atoms with Gasteiger partial charge in [0.15, 0.2) is 51.6 Å². The number of aromatic nitrogens is 4. The molecular formula is C27H38F8N6O7S2. The first-order valence-corrected chi connectivity index (χ1v) is 17.2. The third-order valence-corrected chi connectivity index (χ3v) is 8.67. The summed E-state index contributed by atoms with van der Waals surface area (Å²) in [4.78, 5) is 9.63. The molecule has 23 heteroatoms. The van der Waals surface area contributed by atoms with E-state index >= 15 is 0 Å². The number of aliphatic hydroxyl groups excluding tert-OH is 1. The number of halogens is 8. The quantitative estimate of drug-likeness (QED) is 0.380. The summed E-state index contributed by atoms with van der Waals surface area (Å²) in [6, 6.07) is 0. The largest absolute Gasteiger partial charge is 0.468 e. The number of rotatable bonds is 7. The molecule has 0 amide bonds. The van der Waals surface area contributed by atoms with E-state index in [1.165, 1.54) is 37.3 Å². The fraction of sp³-hybridized carbons (Fsp3) is 0.704. The molecule has 4 rings (SSSR count). The van der Waals surface area contributed by atoms with E-state index in [-0.39, 0.29) is 28.1 Å². The van der Waals surface area contributed by atoms with Crippen molar-refractivity contribution in [2.45, 2.75) is 89.8 Å². The Kier molecular flexibility index (Phi) is 13.6. The molecule has 0 bridgehead atoms. The SMILES string of the molecule is CC1(C)ON=C(S(C)(=O)=O)C1F.Cc1nn(C)c(OCC(F)(F)F)c1CO.Cc1nn(C)c(OCC(F)(F)F)c1CSC1=NOC(C)(C)C1F. The lowest BCUT2D eigenvalue weighted by Crippen LogP contribution is -2.37. The van der Waals surface area contributed by atoms with Gasteiger partial charge in [-0.25, -0.2) is 26.6 Å². The lowest BCUT2D eigenvalue weighted by atomic mass is 10.1. The highest BCUT2D eigenvalue weighted by Gasteiger charge is 2.46. The van der Waals surface area contributed by atoms with Crippen LogP contribution in [0.4, 0.5) is 35.1 Å². The maximum Gasteiger partial charge on any atom is 0.422 e. The molecule has 0 saturated heterocycles.